The van der Waals surface area contributed by atoms with Crippen LogP contribution in [0.25, 0.3) is 50.2 Å². The third-order valence-electron chi connectivity index (χ3n) is 8.12. The Bertz CT molecular complexity index is 2250. The second-order valence-corrected chi connectivity index (χ2v) is 12.5. The van der Waals surface area contributed by atoms with Crippen molar-refractivity contribution < 1.29 is 26.0 Å². The van der Waals surface area contributed by atoms with Crippen molar-refractivity contribution in [1.29, 1.82) is 5.26 Å². The Kier molecular flexibility index (Phi) is 6.65. The van der Waals surface area contributed by atoms with Gasteiger partial charge in [-0.05, 0) is 64.9 Å². The number of rotatable bonds is 6. The third kappa shape index (κ3) is 4.79. The van der Waals surface area contributed by atoms with Crippen molar-refractivity contribution in [2.24, 2.45) is 0 Å². The molecule has 0 radical (unpaired) electrons. The largest absolute Gasteiger partial charge is 0.470 e. The minimum absolute atomic E-state index is 0.254. The van der Waals surface area contributed by atoms with Gasteiger partial charge in [0.15, 0.2) is 0 Å². The van der Waals surface area contributed by atoms with Crippen LogP contribution in [0.1, 0.15) is 23.6 Å². The normalized spacial score (nSPS) is 13.4. The van der Waals surface area contributed by atoms with E-state index in [1.807, 2.05) is 41.0 Å². The van der Waals surface area contributed by atoms with Crippen molar-refractivity contribution in [3.8, 4) is 45.4 Å². The van der Waals surface area contributed by atoms with Gasteiger partial charge in [0.1, 0.15) is 23.3 Å². The number of nitrogens with one attached hydrogen (secondary N) is 1. The summed E-state index contributed by atoms with van der Waals surface area (Å²) in [5.41, 5.74) is 9.14. The van der Waals surface area contributed by atoms with E-state index in [0.29, 0.717) is 27.8 Å². The number of alkyl halides is 3. The first-order valence-corrected chi connectivity index (χ1v) is 15.4. The van der Waals surface area contributed by atoms with Crippen LogP contribution in [0.2, 0.25) is 0 Å². The Morgan fingerprint density at radius 1 is 1.00 bits per heavy atom. The smallest absolute Gasteiger partial charge is 0.404 e. The van der Waals surface area contributed by atoms with Crippen molar-refractivity contribution in [1.82, 2.24) is 14.3 Å². The number of fused-ring (bicyclic) bond motifs is 4. The maximum absolute atomic E-state index is 13.0. The van der Waals surface area contributed by atoms with Crippen molar-refractivity contribution in [2.45, 2.75) is 30.5 Å². The van der Waals surface area contributed by atoms with Crippen LogP contribution in [0.4, 0.5) is 13.2 Å². The first-order chi connectivity index (χ1) is 21.6. The molecule has 1 N–H and O–H groups in total. The lowest BCUT2D eigenvalue weighted by molar-refractivity contribution is -0.147. The van der Waals surface area contributed by atoms with Gasteiger partial charge in [-0.25, -0.2) is 8.42 Å². The van der Waals surface area contributed by atoms with Gasteiger partial charge in [0, 0.05) is 17.6 Å². The van der Waals surface area contributed by atoms with E-state index < -0.39 is 27.1 Å². The Balaban J connectivity index is 1.37. The van der Waals surface area contributed by atoms with Crippen LogP contribution in [0.3, 0.4) is 0 Å². The maximum atomic E-state index is 13.0. The molecule has 3 aromatic carbocycles. The van der Waals surface area contributed by atoms with Gasteiger partial charge in [0.25, 0.3) is 0 Å². The van der Waals surface area contributed by atoms with Crippen LogP contribution in [0, 0.1) is 11.3 Å². The number of furan rings is 1. The van der Waals surface area contributed by atoms with Gasteiger partial charge >= 0.3 is 6.18 Å². The summed E-state index contributed by atoms with van der Waals surface area (Å²) in [5, 5.41) is 11.0. The zero-order valence-corrected chi connectivity index (χ0v) is 24.4. The number of hydrogen-bond acceptors (Lipinski definition) is 5. The average Bonchev–Trinajstić information content (AvgIpc) is 3.76. The summed E-state index contributed by atoms with van der Waals surface area (Å²) < 4.78 is 73.2. The number of pyridine rings is 1. The average molecular weight is 625 g/mol. The molecule has 0 saturated heterocycles. The second kappa shape index (κ2) is 10.5. The molecular weight excluding hydrogens is 601 g/mol. The molecule has 0 amide bonds. The Hall–Kier alpha value is -5.18. The number of nitriles is 1. The quantitative estimate of drug-likeness (QED) is 0.205. The molecule has 1 aliphatic carbocycles. The molecule has 0 bridgehead atoms. The van der Waals surface area contributed by atoms with E-state index in [1.165, 1.54) is 46.9 Å². The van der Waals surface area contributed by atoms with E-state index >= 15 is 0 Å². The molecule has 45 heavy (non-hydrogen) atoms. The molecule has 3 aromatic heterocycles. The standard InChI is InChI=1S/C34H23F3N4O3S/c1-20(34(35,36)37)40-45(42,43)24-10-12-31(39-18-24)33-30(17-38)28-11-9-22(16-32(28)41(33)23-13-14-44-19-23)26-7-4-8-27-25-6-3-2-5-21(25)15-29(26)27/h2-14,16,18-20,40H,15H2,1H3/t20-/m0/s1. The predicted octanol–water partition coefficient (Wildman–Crippen LogP) is 7.62. The molecule has 0 aliphatic heterocycles. The monoisotopic (exact) mass is 624 g/mol. The lowest BCUT2D eigenvalue weighted by Gasteiger charge is -2.17. The number of halogens is 3. The molecule has 7 rings (SSSR count). The molecule has 0 saturated carbocycles. The minimum atomic E-state index is -4.75. The highest BCUT2D eigenvalue weighted by atomic mass is 32.2. The summed E-state index contributed by atoms with van der Waals surface area (Å²) in [6.45, 7) is 0.721. The minimum Gasteiger partial charge on any atom is -0.470 e. The highest BCUT2D eigenvalue weighted by Crippen LogP contribution is 2.43. The molecular formula is C34H23F3N4O3S. The summed E-state index contributed by atoms with van der Waals surface area (Å²) in [4.78, 5) is 3.87. The third-order valence-corrected chi connectivity index (χ3v) is 9.64. The number of sulfonamides is 1. The van der Waals surface area contributed by atoms with Crippen molar-refractivity contribution in [3.63, 3.8) is 0 Å². The highest BCUT2D eigenvalue weighted by molar-refractivity contribution is 7.89. The molecule has 1 aliphatic rings. The Morgan fingerprint density at radius 2 is 1.78 bits per heavy atom. The molecule has 0 fully saturated rings. The van der Waals surface area contributed by atoms with Gasteiger partial charge in [0.05, 0.1) is 34.4 Å². The molecule has 11 heteroatoms. The van der Waals surface area contributed by atoms with E-state index in [2.05, 4.69) is 35.3 Å². The van der Waals surface area contributed by atoms with Gasteiger partial charge in [-0.15, -0.1) is 0 Å². The fourth-order valence-electron chi connectivity index (χ4n) is 5.94. The van der Waals surface area contributed by atoms with Crippen LogP contribution in [0.5, 0.6) is 0 Å². The number of aromatic nitrogens is 2. The molecule has 7 nitrogen and oxygen atoms in total. The highest BCUT2D eigenvalue weighted by Gasteiger charge is 2.39. The van der Waals surface area contributed by atoms with Gasteiger partial charge in [-0.3, -0.25) is 4.98 Å². The van der Waals surface area contributed by atoms with Gasteiger partial charge < -0.3 is 8.98 Å². The van der Waals surface area contributed by atoms with E-state index in [9.17, 15) is 26.9 Å². The molecule has 3 heterocycles. The fraction of sp³-hybridized carbons (Fsp3) is 0.118. The summed E-state index contributed by atoms with van der Waals surface area (Å²) >= 11 is 0. The molecule has 224 valence electrons. The van der Waals surface area contributed by atoms with E-state index in [0.717, 1.165) is 30.7 Å². The van der Waals surface area contributed by atoms with Crippen molar-refractivity contribution >= 4 is 20.9 Å². The lowest BCUT2D eigenvalue weighted by atomic mass is 9.95. The van der Waals surface area contributed by atoms with Crippen molar-refractivity contribution in [2.75, 3.05) is 0 Å². The summed E-state index contributed by atoms with van der Waals surface area (Å²) in [6, 6.07) is 24.7. The van der Waals surface area contributed by atoms with Crippen LogP contribution in [-0.2, 0) is 16.4 Å². The number of hydrogen-bond donors (Lipinski definition) is 1. The zero-order valence-electron chi connectivity index (χ0n) is 23.6. The van der Waals surface area contributed by atoms with Crippen molar-refractivity contribution in [3.05, 3.63) is 114 Å². The molecule has 0 spiro atoms. The van der Waals surface area contributed by atoms with Crippen LogP contribution in [-0.4, -0.2) is 30.2 Å². The zero-order chi connectivity index (χ0) is 31.5. The molecule has 1 atom stereocenters. The molecule has 6 aromatic rings. The van der Waals surface area contributed by atoms with Crippen LogP contribution >= 0.6 is 0 Å². The van der Waals surface area contributed by atoms with E-state index in [1.54, 1.807) is 10.8 Å². The first-order valence-electron chi connectivity index (χ1n) is 13.9. The predicted molar refractivity (Wildman–Crippen MR) is 163 cm³/mol. The van der Waals surface area contributed by atoms with Gasteiger partial charge in [-0.1, -0.05) is 54.6 Å². The maximum Gasteiger partial charge on any atom is 0.404 e. The second-order valence-electron chi connectivity index (χ2n) is 10.8. The van der Waals surface area contributed by atoms with E-state index in [-0.39, 0.29) is 5.69 Å². The Morgan fingerprint density at radius 3 is 2.49 bits per heavy atom. The van der Waals surface area contributed by atoms with Gasteiger partial charge in [0.2, 0.25) is 10.0 Å². The lowest BCUT2D eigenvalue weighted by Crippen LogP contribution is -2.42. The SMILES string of the molecule is C[C@H](NS(=O)(=O)c1ccc(-c2c(C#N)c3ccc(-c4cccc5c4Cc4ccccc4-5)cc3n2-c2ccoc2)nc1)C(F)(F)F. The first kappa shape index (κ1) is 28.6. The topological polar surface area (TPSA) is 101 Å². The van der Waals surface area contributed by atoms with Crippen LogP contribution in [0.15, 0.2) is 107 Å². The number of nitrogens with zero attached hydrogens (tertiary/aromatic N) is 3. The summed E-state index contributed by atoms with van der Waals surface area (Å²) in [5.74, 6) is 0. The fourth-order valence-corrected chi connectivity index (χ4v) is 7.11. The number of benzene rings is 3. The molecule has 0 unspecified atom stereocenters. The van der Waals surface area contributed by atoms with E-state index in [4.69, 9.17) is 4.42 Å². The Labute approximate surface area is 256 Å². The van der Waals surface area contributed by atoms with Gasteiger partial charge in [-0.2, -0.15) is 23.2 Å². The summed E-state index contributed by atoms with van der Waals surface area (Å²) in [6.07, 6.45) is 0.0482. The van der Waals surface area contributed by atoms with Crippen LogP contribution < -0.4 is 4.72 Å². The summed E-state index contributed by atoms with van der Waals surface area (Å²) in [7, 11) is -4.52.